The fourth-order valence-corrected chi connectivity index (χ4v) is 3.29. The average Bonchev–Trinajstić information content (AvgIpc) is 3.24. The van der Waals surface area contributed by atoms with Crippen molar-refractivity contribution in [1.29, 1.82) is 0 Å². The third-order valence-electron chi connectivity index (χ3n) is 4.52. The molecule has 0 spiro atoms. The van der Waals surface area contributed by atoms with Crippen molar-refractivity contribution in [3.05, 3.63) is 42.2 Å². The first kappa shape index (κ1) is 14.2. The maximum absolute atomic E-state index is 12.3. The molecule has 0 saturated carbocycles. The molecule has 0 radical (unpaired) electrons. The van der Waals surface area contributed by atoms with E-state index in [0.29, 0.717) is 12.2 Å². The molecule has 5 nitrogen and oxygen atoms in total. The lowest BCUT2D eigenvalue weighted by atomic mass is 10.1. The number of pyridine rings is 1. The second-order valence-electron chi connectivity index (χ2n) is 6.09. The lowest BCUT2D eigenvalue weighted by molar-refractivity contribution is 0.0945. The van der Waals surface area contributed by atoms with Gasteiger partial charge in [0, 0.05) is 30.1 Å². The van der Waals surface area contributed by atoms with Gasteiger partial charge >= 0.3 is 0 Å². The van der Waals surface area contributed by atoms with Crippen LogP contribution in [0.25, 0.3) is 21.8 Å². The van der Waals surface area contributed by atoms with Gasteiger partial charge in [0.25, 0.3) is 5.91 Å². The molecule has 5 heteroatoms. The van der Waals surface area contributed by atoms with Crippen LogP contribution >= 0.6 is 0 Å². The number of likely N-dealkylation sites (tertiary alicyclic amines) is 1. The number of fused-ring (bicyclic) bond motifs is 3. The Bertz CT molecular complexity index is 848. The summed E-state index contributed by atoms with van der Waals surface area (Å²) < 4.78 is 0. The van der Waals surface area contributed by atoms with Crippen LogP contribution in [0.1, 0.15) is 23.3 Å². The minimum absolute atomic E-state index is 0.0514. The summed E-state index contributed by atoms with van der Waals surface area (Å²) in [6, 6.07) is 9.90. The van der Waals surface area contributed by atoms with E-state index in [0.717, 1.165) is 41.4 Å². The van der Waals surface area contributed by atoms with E-state index in [1.165, 1.54) is 12.8 Å². The standard InChI is InChI=1S/C18H20N4O/c23-18(20-8-11-22-9-1-2-10-22)15-12-14-6-5-13-4-3-7-19-16(13)17(14)21-15/h3-7,12,21H,1-2,8-11H2,(H,20,23). The number of nitrogens with one attached hydrogen (secondary N) is 2. The normalized spacial score (nSPS) is 15.5. The van der Waals surface area contributed by atoms with Crippen LogP contribution in [0.2, 0.25) is 0 Å². The van der Waals surface area contributed by atoms with Crippen molar-refractivity contribution < 1.29 is 4.79 Å². The Kier molecular flexibility index (Phi) is 3.71. The molecular weight excluding hydrogens is 288 g/mol. The number of H-pyrrole nitrogens is 1. The van der Waals surface area contributed by atoms with Gasteiger partial charge in [-0.15, -0.1) is 0 Å². The van der Waals surface area contributed by atoms with Gasteiger partial charge in [0.1, 0.15) is 5.69 Å². The lowest BCUT2D eigenvalue weighted by Crippen LogP contribution is -2.33. The molecule has 0 unspecified atom stereocenters. The fourth-order valence-electron chi connectivity index (χ4n) is 3.29. The van der Waals surface area contributed by atoms with Crippen LogP contribution in [-0.2, 0) is 0 Å². The number of amides is 1. The van der Waals surface area contributed by atoms with Crippen LogP contribution in [0, 0.1) is 0 Å². The summed E-state index contributed by atoms with van der Waals surface area (Å²) in [6.45, 7) is 3.92. The van der Waals surface area contributed by atoms with Crippen molar-refractivity contribution in [3.8, 4) is 0 Å². The highest BCUT2D eigenvalue weighted by atomic mass is 16.1. The van der Waals surface area contributed by atoms with Crippen molar-refractivity contribution in [2.45, 2.75) is 12.8 Å². The SMILES string of the molecule is O=C(NCCN1CCCC1)c1cc2ccc3cccnc3c2[nH]1. The Balaban J connectivity index is 1.51. The molecule has 1 aliphatic heterocycles. The van der Waals surface area contributed by atoms with E-state index in [2.05, 4.69) is 20.2 Å². The molecule has 4 rings (SSSR count). The van der Waals surface area contributed by atoms with E-state index in [9.17, 15) is 4.79 Å². The summed E-state index contributed by atoms with van der Waals surface area (Å²) in [5, 5.41) is 5.09. The number of aromatic amines is 1. The van der Waals surface area contributed by atoms with E-state index in [4.69, 9.17) is 0 Å². The van der Waals surface area contributed by atoms with Gasteiger partial charge in [-0.2, -0.15) is 0 Å². The lowest BCUT2D eigenvalue weighted by Gasteiger charge is -2.14. The number of rotatable bonds is 4. The van der Waals surface area contributed by atoms with Crippen LogP contribution in [0.5, 0.6) is 0 Å². The van der Waals surface area contributed by atoms with Gasteiger partial charge in [-0.05, 0) is 38.1 Å². The van der Waals surface area contributed by atoms with Crippen LogP contribution in [-0.4, -0.2) is 47.0 Å². The van der Waals surface area contributed by atoms with Crippen LogP contribution in [0.15, 0.2) is 36.5 Å². The Morgan fingerprint density at radius 2 is 2.04 bits per heavy atom. The third-order valence-corrected chi connectivity index (χ3v) is 4.52. The first-order chi connectivity index (χ1) is 11.3. The van der Waals surface area contributed by atoms with Gasteiger partial charge in [0.05, 0.1) is 11.0 Å². The molecule has 0 aliphatic carbocycles. The Morgan fingerprint density at radius 3 is 2.91 bits per heavy atom. The summed E-state index contributed by atoms with van der Waals surface area (Å²) in [6.07, 6.45) is 4.32. The van der Waals surface area contributed by atoms with E-state index in [-0.39, 0.29) is 5.91 Å². The number of nitrogens with zero attached hydrogens (tertiary/aromatic N) is 2. The number of hydrogen-bond acceptors (Lipinski definition) is 3. The molecule has 2 N–H and O–H groups in total. The molecule has 23 heavy (non-hydrogen) atoms. The van der Waals surface area contributed by atoms with E-state index >= 15 is 0 Å². The zero-order valence-electron chi connectivity index (χ0n) is 13.0. The maximum atomic E-state index is 12.3. The van der Waals surface area contributed by atoms with Gasteiger partial charge in [-0.3, -0.25) is 9.78 Å². The minimum Gasteiger partial charge on any atom is -0.349 e. The Morgan fingerprint density at radius 1 is 1.22 bits per heavy atom. The largest absolute Gasteiger partial charge is 0.349 e. The second-order valence-corrected chi connectivity index (χ2v) is 6.09. The number of carbonyl (C=O) groups is 1. The van der Waals surface area contributed by atoms with Crippen molar-refractivity contribution in [1.82, 2.24) is 20.2 Å². The summed E-state index contributed by atoms with van der Waals surface area (Å²) in [5.74, 6) is -0.0514. The van der Waals surface area contributed by atoms with Crippen LogP contribution < -0.4 is 5.32 Å². The fraction of sp³-hybridized carbons (Fsp3) is 0.333. The number of benzene rings is 1. The Hall–Kier alpha value is -2.40. The first-order valence-corrected chi connectivity index (χ1v) is 8.18. The molecule has 118 valence electrons. The first-order valence-electron chi connectivity index (χ1n) is 8.18. The summed E-state index contributed by atoms with van der Waals surface area (Å²) in [5.41, 5.74) is 2.42. The Labute approximate surface area is 134 Å². The third kappa shape index (κ3) is 2.80. The molecule has 3 aromatic rings. The van der Waals surface area contributed by atoms with Gasteiger partial charge in [0.15, 0.2) is 0 Å². The number of aromatic nitrogens is 2. The van der Waals surface area contributed by atoms with Gasteiger partial charge in [-0.1, -0.05) is 18.2 Å². The molecule has 1 amide bonds. The quantitative estimate of drug-likeness (QED) is 0.778. The highest BCUT2D eigenvalue weighted by Crippen LogP contribution is 2.23. The minimum atomic E-state index is -0.0514. The molecule has 1 fully saturated rings. The molecule has 0 atom stereocenters. The van der Waals surface area contributed by atoms with Crippen molar-refractivity contribution in [2.75, 3.05) is 26.2 Å². The second kappa shape index (κ2) is 6.01. The predicted octanol–water partition coefficient (Wildman–Crippen LogP) is 2.54. The van der Waals surface area contributed by atoms with Crippen molar-refractivity contribution in [3.63, 3.8) is 0 Å². The zero-order valence-corrected chi connectivity index (χ0v) is 13.0. The predicted molar refractivity (Wildman–Crippen MR) is 91.6 cm³/mol. The maximum Gasteiger partial charge on any atom is 0.267 e. The molecule has 0 bridgehead atoms. The molecule has 3 heterocycles. The van der Waals surface area contributed by atoms with Crippen molar-refractivity contribution in [2.24, 2.45) is 0 Å². The molecule has 1 aromatic carbocycles. The van der Waals surface area contributed by atoms with E-state index in [1.54, 1.807) is 6.20 Å². The molecule has 1 saturated heterocycles. The topological polar surface area (TPSA) is 61.0 Å². The van der Waals surface area contributed by atoms with E-state index in [1.807, 2.05) is 30.3 Å². The zero-order chi connectivity index (χ0) is 15.6. The highest BCUT2D eigenvalue weighted by Gasteiger charge is 2.13. The van der Waals surface area contributed by atoms with Gasteiger partial charge in [0.2, 0.25) is 0 Å². The summed E-state index contributed by atoms with van der Waals surface area (Å²) in [4.78, 5) is 22.4. The molecule has 1 aliphatic rings. The van der Waals surface area contributed by atoms with Crippen molar-refractivity contribution >= 4 is 27.7 Å². The average molecular weight is 308 g/mol. The number of carbonyl (C=O) groups excluding carboxylic acids is 1. The van der Waals surface area contributed by atoms with Crippen LogP contribution in [0.3, 0.4) is 0 Å². The van der Waals surface area contributed by atoms with E-state index < -0.39 is 0 Å². The molecular formula is C18H20N4O. The van der Waals surface area contributed by atoms with Gasteiger partial charge in [-0.25, -0.2) is 0 Å². The summed E-state index contributed by atoms with van der Waals surface area (Å²) in [7, 11) is 0. The van der Waals surface area contributed by atoms with Gasteiger partial charge < -0.3 is 15.2 Å². The molecule has 2 aromatic heterocycles. The number of hydrogen-bond donors (Lipinski definition) is 2. The highest BCUT2D eigenvalue weighted by molar-refractivity contribution is 6.07. The summed E-state index contributed by atoms with van der Waals surface area (Å²) >= 11 is 0. The smallest absolute Gasteiger partial charge is 0.267 e. The van der Waals surface area contributed by atoms with Crippen LogP contribution in [0.4, 0.5) is 0 Å². The monoisotopic (exact) mass is 308 g/mol.